The van der Waals surface area contributed by atoms with Crippen molar-refractivity contribution < 1.29 is 23.7 Å². The summed E-state index contributed by atoms with van der Waals surface area (Å²) in [6.45, 7) is 4.30. The normalized spacial score (nSPS) is 10.3. The van der Waals surface area contributed by atoms with E-state index in [-0.39, 0.29) is 11.0 Å². The maximum absolute atomic E-state index is 12.5. The number of nitrogens with one attached hydrogen (secondary N) is 2. The highest BCUT2D eigenvalue weighted by atomic mass is 32.1. The second-order valence-electron chi connectivity index (χ2n) is 6.98. The first-order valence-corrected chi connectivity index (χ1v) is 11.4. The fourth-order valence-corrected chi connectivity index (χ4v) is 3.12. The van der Waals surface area contributed by atoms with E-state index in [2.05, 4.69) is 10.6 Å². The van der Waals surface area contributed by atoms with Crippen LogP contribution in [-0.4, -0.2) is 44.1 Å². The summed E-state index contributed by atoms with van der Waals surface area (Å²) >= 11 is 5.32. The summed E-state index contributed by atoms with van der Waals surface area (Å²) in [4.78, 5) is 12.5. The molecule has 0 saturated carbocycles. The zero-order valence-electron chi connectivity index (χ0n) is 19.0. The van der Waals surface area contributed by atoms with E-state index >= 15 is 0 Å². The van der Waals surface area contributed by atoms with Gasteiger partial charge in [0.15, 0.2) is 5.11 Å². The van der Waals surface area contributed by atoms with Crippen LogP contribution >= 0.6 is 12.2 Å². The van der Waals surface area contributed by atoms with Gasteiger partial charge in [-0.25, -0.2) is 0 Å². The highest BCUT2D eigenvalue weighted by molar-refractivity contribution is 7.80. The molecule has 7 nitrogen and oxygen atoms in total. The first-order valence-electron chi connectivity index (χ1n) is 11.0. The molecule has 3 aromatic rings. The Kier molecular flexibility index (Phi) is 10.2. The number of carbonyl (C=O) groups excluding carboxylic acids is 1. The van der Waals surface area contributed by atoms with Gasteiger partial charge in [-0.15, -0.1) is 0 Å². The minimum Gasteiger partial charge on any atom is -0.491 e. The molecule has 0 spiro atoms. The minimum atomic E-state index is -0.326. The highest BCUT2D eigenvalue weighted by Gasteiger charge is 2.10. The van der Waals surface area contributed by atoms with Crippen LogP contribution in [0.4, 0.5) is 5.69 Å². The molecule has 3 aromatic carbocycles. The lowest BCUT2D eigenvalue weighted by atomic mass is 10.2. The van der Waals surface area contributed by atoms with Crippen molar-refractivity contribution in [3.8, 4) is 17.2 Å². The summed E-state index contributed by atoms with van der Waals surface area (Å²) in [6.07, 6.45) is 0. The minimum absolute atomic E-state index is 0.165. The first kappa shape index (κ1) is 25.0. The van der Waals surface area contributed by atoms with Crippen molar-refractivity contribution in [2.75, 3.05) is 38.4 Å². The van der Waals surface area contributed by atoms with E-state index in [1.165, 1.54) is 0 Å². The summed E-state index contributed by atoms with van der Waals surface area (Å²) in [5.74, 6) is 1.73. The lowest BCUT2D eigenvalue weighted by Crippen LogP contribution is -2.34. The first-order chi connectivity index (χ1) is 16.7. The highest BCUT2D eigenvalue weighted by Crippen LogP contribution is 2.23. The van der Waals surface area contributed by atoms with E-state index in [9.17, 15) is 4.79 Å². The third-order valence-corrected chi connectivity index (χ3v) is 4.74. The smallest absolute Gasteiger partial charge is 0.257 e. The Morgan fingerprint density at radius 3 is 2.12 bits per heavy atom. The van der Waals surface area contributed by atoms with Crippen molar-refractivity contribution in [1.29, 1.82) is 0 Å². The second-order valence-corrected chi connectivity index (χ2v) is 7.39. The van der Waals surface area contributed by atoms with Crippen LogP contribution in [0.1, 0.15) is 17.3 Å². The van der Waals surface area contributed by atoms with Gasteiger partial charge in [0.2, 0.25) is 0 Å². The summed E-state index contributed by atoms with van der Waals surface area (Å²) < 4.78 is 22.3. The topological polar surface area (TPSA) is 78.1 Å². The van der Waals surface area contributed by atoms with Gasteiger partial charge < -0.3 is 24.3 Å². The average molecular weight is 481 g/mol. The SMILES string of the molecule is CCOCCOc1ccc(C(=O)NC(=S)Nc2ccccc2OCCOc2ccccc2)cc1. The zero-order valence-corrected chi connectivity index (χ0v) is 19.8. The molecule has 0 aliphatic carbocycles. The lowest BCUT2D eigenvalue weighted by Gasteiger charge is -2.15. The van der Waals surface area contributed by atoms with Crippen molar-refractivity contribution in [3.63, 3.8) is 0 Å². The zero-order chi connectivity index (χ0) is 24.0. The predicted molar refractivity (Wildman–Crippen MR) is 136 cm³/mol. The molecule has 178 valence electrons. The number of carbonyl (C=O) groups is 1. The number of anilines is 1. The molecule has 0 radical (unpaired) electrons. The third kappa shape index (κ3) is 8.38. The van der Waals surface area contributed by atoms with Crippen LogP contribution in [0.2, 0.25) is 0 Å². The van der Waals surface area contributed by atoms with Crippen molar-refractivity contribution in [3.05, 3.63) is 84.4 Å². The molecular formula is C26H28N2O5S. The number of para-hydroxylation sites is 3. The van der Waals surface area contributed by atoms with Gasteiger partial charge >= 0.3 is 0 Å². The molecule has 0 fully saturated rings. The van der Waals surface area contributed by atoms with Gasteiger partial charge in [-0.1, -0.05) is 30.3 Å². The Morgan fingerprint density at radius 1 is 0.765 bits per heavy atom. The molecule has 0 atom stereocenters. The second kappa shape index (κ2) is 13.8. The molecule has 0 aliphatic rings. The van der Waals surface area contributed by atoms with Crippen LogP contribution in [-0.2, 0) is 4.74 Å². The predicted octanol–water partition coefficient (Wildman–Crippen LogP) is 4.69. The number of ether oxygens (including phenoxy) is 4. The van der Waals surface area contributed by atoms with Crippen LogP contribution in [0.3, 0.4) is 0 Å². The standard InChI is InChI=1S/C26H28N2O5S/c1-2-30-16-17-31-22-14-12-20(13-15-22)25(29)28-26(34)27-23-10-6-7-11-24(23)33-19-18-32-21-8-4-3-5-9-21/h3-15H,2,16-19H2,1H3,(H2,27,28,29,34). The molecule has 34 heavy (non-hydrogen) atoms. The molecule has 0 heterocycles. The molecule has 0 aromatic heterocycles. The van der Waals surface area contributed by atoms with Gasteiger partial charge in [-0.05, 0) is 67.7 Å². The molecule has 2 N–H and O–H groups in total. The van der Waals surface area contributed by atoms with Crippen LogP contribution in [0.25, 0.3) is 0 Å². The van der Waals surface area contributed by atoms with Gasteiger partial charge in [-0.2, -0.15) is 0 Å². The quantitative estimate of drug-likeness (QED) is 0.288. The van der Waals surface area contributed by atoms with E-state index in [1.807, 2.05) is 61.5 Å². The Labute approximate surface area is 205 Å². The van der Waals surface area contributed by atoms with Crippen LogP contribution in [0, 0.1) is 0 Å². The van der Waals surface area contributed by atoms with Gasteiger partial charge in [-0.3, -0.25) is 10.1 Å². The van der Waals surface area contributed by atoms with Gasteiger partial charge in [0.25, 0.3) is 5.91 Å². The lowest BCUT2D eigenvalue weighted by molar-refractivity contribution is 0.0977. The van der Waals surface area contributed by atoms with E-state index in [0.717, 1.165) is 5.75 Å². The Bertz CT molecular complexity index is 1040. The fourth-order valence-electron chi connectivity index (χ4n) is 2.92. The number of thiocarbonyl (C=S) groups is 1. The van der Waals surface area contributed by atoms with Gasteiger partial charge in [0.1, 0.15) is 37.1 Å². The van der Waals surface area contributed by atoms with Crippen molar-refractivity contribution in [2.45, 2.75) is 6.92 Å². The van der Waals surface area contributed by atoms with Gasteiger partial charge in [0, 0.05) is 12.2 Å². The van der Waals surface area contributed by atoms with E-state index in [1.54, 1.807) is 24.3 Å². The molecule has 0 saturated heterocycles. The molecule has 0 aliphatic heterocycles. The number of hydrogen-bond acceptors (Lipinski definition) is 6. The summed E-state index contributed by atoms with van der Waals surface area (Å²) in [7, 11) is 0. The summed E-state index contributed by atoms with van der Waals surface area (Å²) in [6, 6.07) is 23.7. The monoisotopic (exact) mass is 480 g/mol. The molecular weight excluding hydrogens is 452 g/mol. The number of rotatable bonds is 12. The molecule has 1 amide bonds. The Hall–Kier alpha value is -3.62. The maximum Gasteiger partial charge on any atom is 0.257 e. The average Bonchev–Trinajstić information content (AvgIpc) is 2.86. The van der Waals surface area contributed by atoms with Crippen molar-refractivity contribution >= 4 is 28.9 Å². The fraction of sp³-hybridized carbons (Fsp3) is 0.231. The molecule has 0 bridgehead atoms. The van der Waals surface area contributed by atoms with E-state index < -0.39 is 0 Å². The van der Waals surface area contributed by atoms with Gasteiger partial charge in [0.05, 0.1) is 12.3 Å². The number of amides is 1. The number of hydrogen-bond donors (Lipinski definition) is 2. The molecule has 3 rings (SSSR count). The Morgan fingerprint density at radius 2 is 1.38 bits per heavy atom. The van der Waals surface area contributed by atoms with E-state index in [0.29, 0.717) is 55.8 Å². The maximum atomic E-state index is 12.5. The number of benzene rings is 3. The van der Waals surface area contributed by atoms with E-state index in [4.69, 9.17) is 31.2 Å². The van der Waals surface area contributed by atoms with Crippen LogP contribution < -0.4 is 24.8 Å². The summed E-state index contributed by atoms with van der Waals surface area (Å²) in [5, 5.41) is 5.86. The van der Waals surface area contributed by atoms with Crippen LogP contribution in [0.5, 0.6) is 17.2 Å². The third-order valence-electron chi connectivity index (χ3n) is 4.53. The Balaban J connectivity index is 1.46. The van der Waals surface area contributed by atoms with Crippen molar-refractivity contribution in [2.24, 2.45) is 0 Å². The van der Waals surface area contributed by atoms with Crippen molar-refractivity contribution in [1.82, 2.24) is 5.32 Å². The molecule has 8 heteroatoms. The molecule has 0 unspecified atom stereocenters. The largest absolute Gasteiger partial charge is 0.491 e. The van der Waals surface area contributed by atoms with Crippen LogP contribution in [0.15, 0.2) is 78.9 Å². The summed E-state index contributed by atoms with van der Waals surface area (Å²) in [5.41, 5.74) is 1.11.